The van der Waals surface area contributed by atoms with Crippen LogP contribution in [0.25, 0.3) is 0 Å². The van der Waals surface area contributed by atoms with Crippen molar-refractivity contribution in [1.82, 2.24) is 35.9 Å². The van der Waals surface area contributed by atoms with Crippen LogP contribution in [0.4, 0.5) is 38.0 Å². The molecule has 0 unspecified atom stereocenters. The van der Waals surface area contributed by atoms with Gasteiger partial charge in [-0.15, -0.1) is 0 Å². The predicted octanol–water partition coefficient (Wildman–Crippen LogP) is 5.39. The molecule has 0 atom stereocenters. The molecule has 0 fully saturated rings. The van der Waals surface area contributed by atoms with E-state index in [9.17, 15) is 35.9 Å². The molecule has 20 heteroatoms. The molecule has 2 amide bonds. The van der Waals surface area contributed by atoms with Crippen molar-refractivity contribution in [2.45, 2.75) is 72.9 Å². The summed E-state index contributed by atoms with van der Waals surface area (Å²) >= 11 is 0. The first kappa shape index (κ1) is 40.0. The van der Waals surface area contributed by atoms with E-state index < -0.39 is 41.1 Å². The van der Waals surface area contributed by atoms with E-state index in [2.05, 4.69) is 51.4 Å². The molecule has 0 aliphatic heterocycles. The Morgan fingerprint density at radius 3 is 1.81 bits per heavy atom. The average molecular weight is 750 g/mol. The van der Waals surface area contributed by atoms with Crippen molar-refractivity contribution in [2.75, 3.05) is 17.2 Å². The van der Waals surface area contributed by atoms with Gasteiger partial charge in [-0.3, -0.25) is 35.3 Å². The first-order valence-electron chi connectivity index (χ1n) is 16.0. The molecule has 4 aromatic heterocycles. The van der Waals surface area contributed by atoms with E-state index in [1.54, 1.807) is 13.8 Å². The van der Waals surface area contributed by atoms with Crippen molar-refractivity contribution in [3.8, 4) is 0 Å². The Morgan fingerprint density at radius 1 is 0.774 bits per heavy atom. The van der Waals surface area contributed by atoms with Crippen LogP contribution in [-0.4, -0.2) is 61.1 Å². The third-order valence-electron chi connectivity index (χ3n) is 6.96. The summed E-state index contributed by atoms with van der Waals surface area (Å²) in [5, 5.41) is 18.2. The Balaban J connectivity index is 1.71. The number of carbonyl (C=O) groups is 2. The number of aromatic nitrogens is 6. The number of alkyl halides is 6. The largest absolute Gasteiger partial charge is 0.434 e. The van der Waals surface area contributed by atoms with Gasteiger partial charge in [0.25, 0.3) is 17.8 Å². The first-order chi connectivity index (χ1) is 24.5. The summed E-state index contributed by atoms with van der Waals surface area (Å²) in [5.74, 6) is -2.34. The van der Waals surface area contributed by atoms with E-state index in [0.717, 1.165) is 10.7 Å². The van der Waals surface area contributed by atoms with Crippen LogP contribution in [0.2, 0.25) is 0 Å². The molecule has 53 heavy (non-hydrogen) atoms. The number of carbonyl (C=O) groups excluding carboxylic acids is 2. The van der Waals surface area contributed by atoms with Crippen LogP contribution in [0.1, 0.15) is 78.1 Å². The van der Waals surface area contributed by atoms with Crippen LogP contribution >= 0.6 is 0 Å². The van der Waals surface area contributed by atoms with Crippen molar-refractivity contribution in [1.29, 1.82) is 0 Å². The summed E-state index contributed by atoms with van der Waals surface area (Å²) in [5.41, 5.74) is -2.63. The van der Waals surface area contributed by atoms with E-state index in [1.807, 2.05) is 25.9 Å². The molecule has 4 heterocycles. The zero-order valence-electron chi connectivity index (χ0n) is 29.8. The van der Waals surface area contributed by atoms with Crippen LogP contribution < -0.4 is 25.9 Å². The summed E-state index contributed by atoms with van der Waals surface area (Å²) < 4.78 is 83.0. The number of pyridine rings is 2. The molecule has 4 aromatic rings. The molecule has 0 aliphatic rings. The van der Waals surface area contributed by atoms with E-state index in [1.165, 1.54) is 50.5 Å². The van der Waals surface area contributed by atoms with E-state index in [-0.39, 0.29) is 53.2 Å². The molecular formula is C33H39F6N12O2+. The normalized spacial score (nSPS) is 13.2. The number of nitrogens with zero attached hydrogens (tertiary/aromatic N) is 6. The van der Waals surface area contributed by atoms with Gasteiger partial charge < -0.3 is 5.32 Å². The Morgan fingerprint density at radius 2 is 1.32 bits per heavy atom. The highest BCUT2D eigenvalue weighted by Gasteiger charge is 2.38. The number of nitrogens with one attached hydrogen (secondary N) is 6. The molecule has 0 aromatic carbocycles. The van der Waals surface area contributed by atoms with Gasteiger partial charge in [-0.1, -0.05) is 20.8 Å². The molecule has 6 N–H and O–H groups in total. The molecule has 0 saturated heterocycles. The summed E-state index contributed by atoms with van der Waals surface area (Å²) in [6, 6.07) is 7.30. The predicted molar refractivity (Wildman–Crippen MR) is 183 cm³/mol. The van der Waals surface area contributed by atoms with Crippen LogP contribution in [0.15, 0.2) is 58.8 Å². The van der Waals surface area contributed by atoms with Crippen LogP contribution in [0, 0.1) is 19.3 Å². The minimum Gasteiger partial charge on any atom is -0.309 e. The lowest BCUT2D eigenvalue weighted by Crippen LogP contribution is -2.50. The van der Waals surface area contributed by atoms with Crippen LogP contribution in [-0.2, 0) is 18.9 Å². The van der Waals surface area contributed by atoms with E-state index in [0.29, 0.717) is 17.5 Å². The van der Waals surface area contributed by atoms with Gasteiger partial charge in [0, 0.05) is 47.5 Å². The third kappa shape index (κ3) is 11.9. The Labute approximate surface area is 300 Å². The third-order valence-corrected chi connectivity index (χ3v) is 6.96. The monoisotopic (exact) mass is 749 g/mol. The van der Waals surface area contributed by atoms with Gasteiger partial charge >= 0.3 is 18.2 Å². The number of rotatable bonds is 8. The van der Waals surface area contributed by atoms with Crippen molar-refractivity contribution < 1.29 is 40.6 Å². The fourth-order valence-electron chi connectivity index (χ4n) is 4.57. The molecule has 0 radical (unpaired) electrons. The van der Waals surface area contributed by atoms with Gasteiger partial charge in [-0.05, 0) is 57.4 Å². The standard InChI is InChI=1S/C33H38F6N12O2/c1-18-12-20(8-10-40-18)26(52)45-28(42-16-30(3,4)5)44-25-15-23(33(37,38)39)50-51(25)17-31(6,7)47-29(43-24-14-22(48-49-24)32(34,35)36)46-27(53)21-9-11-41-19(2)13-21/h8-15H,16-17H2,1-7H3,(H5,40,41,42,43,44,45,46,47,48,49,50,52,53)/p+1. The Hall–Kier alpha value is -5.82. The lowest BCUT2D eigenvalue weighted by atomic mass is 9.97. The molecule has 0 saturated carbocycles. The SMILES string of the molecule is Cc1cc(C(=O)NC(=NC(C)(C)C[n+]2[nH]c(C(F)(F)F)cc2NC(=NCC(C)(C)C)NC(=O)c2ccnc(C)c2)Nc2cc(C(F)(F)F)[nH]n2)ccn1. The second-order valence-corrected chi connectivity index (χ2v) is 13.8. The second kappa shape index (κ2) is 15.4. The number of hydrogen-bond donors (Lipinski definition) is 6. The van der Waals surface area contributed by atoms with Gasteiger partial charge in [0.15, 0.2) is 11.5 Å². The summed E-state index contributed by atoms with van der Waals surface area (Å²) in [4.78, 5) is 43.3. The molecular weight excluding hydrogens is 710 g/mol. The zero-order valence-corrected chi connectivity index (χ0v) is 29.8. The van der Waals surface area contributed by atoms with E-state index >= 15 is 0 Å². The smallest absolute Gasteiger partial charge is 0.309 e. The molecule has 284 valence electrons. The number of hydrogen-bond acceptors (Lipinski definition) is 7. The van der Waals surface area contributed by atoms with Gasteiger partial charge in [-0.25, -0.2) is 20.4 Å². The quantitative estimate of drug-likeness (QED) is 0.0605. The van der Waals surface area contributed by atoms with Gasteiger partial charge in [0.2, 0.25) is 5.96 Å². The molecule has 14 nitrogen and oxygen atoms in total. The maximum absolute atomic E-state index is 14.0. The van der Waals surface area contributed by atoms with Gasteiger partial charge in [0.1, 0.15) is 12.2 Å². The molecule has 0 spiro atoms. The number of H-pyrrole nitrogens is 2. The minimum absolute atomic E-state index is 0.147. The highest BCUT2D eigenvalue weighted by Crippen LogP contribution is 2.30. The molecule has 0 bridgehead atoms. The van der Waals surface area contributed by atoms with Gasteiger partial charge in [0.05, 0.1) is 11.6 Å². The first-order valence-corrected chi connectivity index (χ1v) is 16.0. The Bertz CT molecular complexity index is 2010. The summed E-state index contributed by atoms with van der Waals surface area (Å²) in [6.45, 7) is 11.8. The number of amides is 2. The van der Waals surface area contributed by atoms with Crippen LogP contribution in [0.3, 0.4) is 0 Å². The second-order valence-electron chi connectivity index (χ2n) is 13.8. The van der Waals surface area contributed by atoms with Crippen LogP contribution in [0.5, 0.6) is 0 Å². The fraction of sp³-hybridized carbons (Fsp3) is 0.394. The fourth-order valence-corrected chi connectivity index (χ4v) is 4.57. The van der Waals surface area contributed by atoms with E-state index in [4.69, 9.17) is 0 Å². The summed E-state index contributed by atoms with van der Waals surface area (Å²) in [7, 11) is 0. The topological polar surface area (TPSA) is 181 Å². The van der Waals surface area contributed by atoms with Crippen molar-refractivity contribution in [3.63, 3.8) is 0 Å². The lowest BCUT2D eigenvalue weighted by Gasteiger charge is -2.21. The molecule has 4 rings (SSSR count). The minimum atomic E-state index is -4.82. The zero-order chi connectivity index (χ0) is 39.4. The highest BCUT2D eigenvalue weighted by molar-refractivity contribution is 6.10. The van der Waals surface area contributed by atoms with Crippen molar-refractivity contribution in [2.24, 2.45) is 15.4 Å². The number of guanidine groups is 2. The lowest BCUT2D eigenvalue weighted by molar-refractivity contribution is -0.743. The molecule has 0 aliphatic carbocycles. The van der Waals surface area contributed by atoms with Gasteiger partial charge in [-0.2, -0.15) is 36.1 Å². The maximum atomic E-state index is 14.0. The van der Waals surface area contributed by atoms with Crippen molar-refractivity contribution >= 4 is 35.4 Å². The number of anilines is 2. The Kier molecular flexibility index (Phi) is 11.6. The number of aliphatic imine (C=N–C) groups is 2. The number of aromatic amines is 2. The average Bonchev–Trinajstić information content (AvgIpc) is 3.66. The maximum Gasteiger partial charge on any atom is 0.434 e. The highest BCUT2D eigenvalue weighted by atomic mass is 19.4. The summed E-state index contributed by atoms with van der Waals surface area (Å²) in [6.07, 6.45) is -6.75. The van der Waals surface area contributed by atoms with Crippen molar-refractivity contribution in [3.05, 3.63) is 82.7 Å². The number of halogens is 6. The number of aryl methyl sites for hydroxylation is 2.